The van der Waals surface area contributed by atoms with E-state index in [0.29, 0.717) is 18.0 Å². The number of carbonyl (C=O) groups is 1. The topological polar surface area (TPSA) is 105 Å². The minimum atomic E-state index is -0.785. The van der Waals surface area contributed by atoms with Gasteiger partial charge in [-0.2, -0.15) is 5.10 Å². The molecule has 1 aromatic heterocycles. The summed E-state index contributed by atoms with van der Waals surface area (Å²) < 4.78 is 13.0. The lowest BCUT2D eigenvalue weighted by Crippen LogP contribution is -2.41. The fraction of sp³-hybridized carbons (Fsp3) is 0.385. The number of hydrogen-bond acceptors (Lipinski definition) is 5. The van der Waals surface area contributed by atoms with Crippen LogP contribution in [0.1, 0.15) is 6.92 Å². The van der Waals surface area contributed by atoms with Gasteiger partial charge < -0.3 is 20.9 Å². The molecule has 1 amide bonds. The van der Waals surface area contributed by atoms with Crippen molar-refractivity contribution < 1.29 is 14.3 Å². The van der Waals surface area contributed by atoms with Crippen LogP contribution in [0.15, 0.2) is 18.3 Å². The maximum atomic E-state index is 11.3. The molecule has 4 N–H and O–H groups in total. The summed E-state index contributed by atoms with van der Waals surface area (Å²) in [7, 11) is 0. The van der Waals surface area contributed by atoms with Gasteiger partial charge in [-0.3, -0.25) is 9.48 Å². The summed E-state index contributed by atoms with van der Waals surface area (Å²) in [5, 5.41) is 5.20. The predicted molar refractivity (Wildman–Crippen MR) is 79.7 cm³/mol. The molecule has 0 fully saturated rings. The van der Waals surface area contributed by atoms with Crippen molar-refractivity contribution in [1.29, 1.82) is 0 Å². The summed E-state index contributed by atoms with van der Waals surface area (Å²) in [6.07, 6.45) is 0.946. The molecule has 3 rings (SSSR count). The highest BCUT2D eigenvalue weighted by molar-refractivity contribution is 5.89. The summed E-state index contributed by atoms with van der Waals surface area (Å²) >= 11 is 0. The lowest BCUT2D eigenvalue weighted by molar-refractivity contribution is -0.126. The quantitative estimate of drug-likeness (QED) is 0.855. The number of nitrogens with zero attached hydrogens (tertiary/aromatic N) is 2. The molecule has 0 saturated carbocycles. The number of nitrogens with two attached hydrogens (primary N) is 2. The number of halogens is 1. The van der Waals surface area contributed by atoms with Gasteiger partial charge in [-0.1, -0.05) is 0 Å². The summed E-state index contributed by atoms with van der Waals surface area (Å²) in [6, 6.07) is 3.64. The Hall–Kier alpha value is -1.99. The number of ether oxygens (including phenoxy) is 2. The summed E-state index contributed by atoms with van der Waals surface area (Å²) in [5.41, 5.74) is 11.9. The second kappa shape index (κ2) is 5.79. The first-order valence-corrected chi connectivity index (χ1v) is 6.39. The average Bonchev–Trinajstić information content (AvgIpc) is 2.81. The summed E-state index contributed by atoms with van der Waals surface area (Å²) in [5.74, 6) is 0.531. The van der Waals surface area contributed by atoms with E-state index < -0.39 is 12.0 Å². The normalized spacial score (nSPS) is 18.1. The third kappa shape index (κ3) is 2.74. The van der Waals surface area contributed by atoms with Gasteiger partial charge in [0.1, 0.15) is 12.1 Å². The number of fused-ring (bicyclic) bond motifs is 3. The zero-order valence-corrected chi connectivity index (χ0v) is 12.3. The van der Waals surface area contributed by atoms with E-state index in [1.165, 1.54) is 0 Å². The van der Waals surface area contributed by atoms with Crippen LogP contribution in [0.5, 0.6) is 11.5 Å². The fourth-order valence-electron chi connectivity index (χ4n) is 2.25. The molecule has 0 bridgehead atoms. The summed E-state index contributed by atoms with van der Waals surface area (Å²) in [4.78, 5) is 11.3. The molecule has 0 radical (unpaired) electrons. The van der Waals surface area contributed by atoms with Crippen molar-refractivity contribution in [2.24, 2.45) is 11.5 Å². The zero-order chi connectivity index (χ0) is 14.3. The van der Waals surface area contributed by atoms with Crippen molar-refractivity contribution in [3.8, 4) is 11.5 Å². The smallest absolute Gasteiger partial charge is 0.262 e. The Morgan fingerprint density at radius 2 is 2.33 bits per heavy atom. The molecule has 7 nitrogen and oxygen atoms in total. The van der Waals surface area contributed by atoms with E-state index in [0.717, 1.165) is 10.9 Å². The van der Waals surface area contributed by atoms with Crippen LogP contribution in [-0.2, 0) is 11.3 Å². The molecular formula is C13H17ClN4O3. The molecule has 21 heavy (non-hydrogen) atoms. The maximum absolute atomic E-state index is 11.3. The Morgan fingerprint density at radius 3 is 3.00 bits per heavy atom. The van der Waals surface area contributed by atoms with Gasteiger partial charge in [0, 0.05) is 11.4 Å². The number of carbonyl (C=O) groups excluding carboxylic acids is 1. The van der Waals surface area contributed by atoms with Crippen molar-refractivity contribution in [2.45, 2.75) is 25.6 Å². The molecule has 8 heteroatoms. The highest BCUT2D eigenvalue weighted by Gasteiger charge is 2.28. The lowest BCUT2D eigenvalue weighted by atomic mass is 10.2. The van der Waals surface area contributed by atoms with Crippen LogP contribution in [-0.4, -0.2) is 34.4 Å². The summed E-state index contributed by atoms with van der Waals surface area (Å²) in [6.45, 7) is 2.56. The van der Waals surface area contributed by atoms with Gasteiger partial charge in [0.05, 0.1) is 12.7 Å². The highest BCUT2D eigenvalue weighted by atomic mass is 35.5. The monoisotopic (exact) mass is 312 g/mol. The number of rotatable bonds is 3. The first-order chi connectivity index (χ1) is 9.56. The van der Waals surface area contributed by atoms with Gasteiger partial charge in [0.2, 0.25) is 6.10 Å². The largest absolute Gasteiger partial charge is 0.485 e. The van der Waals surface area contributed by atoms with Gasteiger partial charge in [-0.15, -0.1) is 12.4 Å². The minimum absolute atomic E-state index is 0. The second-order valence-corrected chi connectivity index (χ2v) is 4.95. The zero-order valence-electron chi connectivity index (χ0n) is 11.5. The van der Waals surface area contributed by atoms with Crippen LogP contribution in [0.25, 0.3) is 10.9 Å². The van der Waals surface area contributed by atoms with Crippen molar-refractivity contribution >= 4 is 29.2 Å². The molecule has 0 spiro atoms. The first-order valence-electron chi connectivity index (χ1n) is 6.39. The molecule has 2 atom stereocenters. The van der Waals surface area contributed by atoms with Gasteiger partial charge in [-0.05, 0) is 19.1 Å². The Bertz CT molecular complexity index is 671. The Kier molecular flexibility index (Phi) is 4.24. The van der Waals surface area contributed by atoms with Crippen LogP contribution in [0.4, 0.5) is 0 Å². The predicted octanol–water partition coefficient (Wildman–Crippen LogP) is 0.430. The van der Waals surface area contributed by atoms with Gasteiger partial charge in [-0.25, -0.2) is 0 Å². The van der Waals surface area contributed by atoms with E-state index in [-0.39, 0.29) is 25.1 Å². The number of benzene rings is 1. The molecule has 114 valence electrons. The number of primary amides is 1. The van der Waals surface area contributed by atoms with Crippen LogP contribution >= 0.6 is 12.4 Å². The van der Waals surface area contributed by atoms with Crippen molar-refractivity contribution in [2.75, 3.05) is 6.61 Å². The number of aromatic nitrogens is 2. The van der Waals surface area contributed by atoms with E-state index >= 15 is 0 Å². The third-order valence-corrected chi connectivity index (χ3v) is 3.15. The van der Waals surface area contributed by atoms with Gasteiger partial charge in [0.25, 0.3) is 5.91 Å². The Morgan fingerprint density at radius 1 is 1.57 bits per heavy atom. The first kappa shape index (κ1) is 15.4. The molecule has 2 aromatic rings. The van der Waals surface area contributed by atoms with Crippen LogP contribution in [0.2, 0.25) is 0 Å². The van der Waals surface area contributed by atoms with E-state index in [1.54, 1.807) is 16.9 Å². The molecule has 1 aliphatic rings. The molecule has 0 saturated heterocycles. The maximum Gasteiger partial charge on any atom is 0.262 e. The van der Waals surface area contributed by atoms with E-state index in [4.69, 9.17) is 20.9 Å². The molecular weight excluding hydrogens is 296 g/mol. The molecule has 0 aliphatic carbocycles. The van der Waals surface area contributed by atoms with Crippen LogP contribution < -0.4 is 20.9 Å². The van der Waals surface area contributed by atoms with Crippen molar-refractivity contribution in [1.82, 2.24) is 9.78 Å². The van der Waals surface area contributed by atoms with E-state index in [1.807, 2.05) is 13.0 Å². The highest BCUT2D eigenvalue weighted by Crippen LogP contribution is 2.38. The molecule has 2 heterocycles. The number of hydrogen-bond donors (Lipinski definition) is 2. The lowest BCUT2D eigenvalue weighted by Gasteiger charge is -2.25. The standard InChI is InChI=1S/C13H16N4O3.ClH/c1-7(14)5-17-11-8(4-16-17)2-3-9-12(11)20-10(6-19-9)13(15)18;/h2-4,7,10H,5-6,14H2,1H3,(H2,15,18);1H/t7-,10-;/m0./s1. The van der Waals surface area contributed by atoms with Gasteiger partial charge >= 0.3 is 0 Å². The Balaban J connectivity index is 0.00000161. The van der Waals surface area contributed by atoms with E-state index in [2.05, 4.69) is 5.10 Å². The van der Waals surface area contributed by atoms with E-state index in [9.17, 15) is 4.79 Å². The minimum Gasteiger partial charge on any atom is -0.485 e. The Labute approximate surface area is 127 Å². The SMILES string of the molecule is C[C@H](N)Cn1ncc2ccc3c(c21)O[C@H](C(N)=O)CO3.Cl. The number of amides is 1. The third-order valence-electron chi connectivity index (χ3n) is 3.15. The van der Waals surface area contributed by atoms with Crippen molar-refractivity contribution in [3.63, 3.8) is 0 Å². The fourth-order valence-corrected chi connectivity index (χ4v) is 2.25. The van der Waals surface area contributed by atoms with Crippen LogP contribution in [0.3, 0.4) is 0 Å². The molecule has 1 aliphatic heterocycles. The second-order valence-electron chi connectivity index (χ2n) is 4.95. The van der Waals surface area contributed by atoms with Gasteiger partial charge in [0.15, 0.2) is 11.5 Å². The molecule has 0 unspecified atom stereocenters. The van der Waals surface area contributed by atoms with Crippen LogP contribution in [0, 0.1) is 0 Å². The average molecular weight is 313 g/mol. The van der Waals surface area contributed by atoms with Crippen molar-refractivity contribution in [3.05, 3.63) is 18.3 Å². The molecule has 1 aromatic carbocycles.